The minimum Gasteiger partial charge on any atom is -0.369 e. The number of ether oxygens (including phenoxy) is 1. The van der Waals surface area contributed by atoms with Crippen LogP contribution in [0.3, 0.4) is 0 Å². The first-order valence-corrected chi connectivity index (χ1v) is 5.53. The molecule has 0 fully saturated rings. The second-order valence-electron chi connectivity index (χ2n) is 3.34. The molecule has 0 aromatic carbocycles. The van der Waals surface area contributed by atoms with Gasteiger partial charge in [0.05, 0.1) is 23.5 Å². The number of thiophene rings is 1. The molecule has 2 N–H and O–H groups in total. The predicted molar refractivity (Wildman–Crippen MR) is 55.4 cm³/mol. The Morgan fingerprint density at radius 2 is 2.64 bits per heavy atom. The van der Waals surface area contributed by atoms with Crippen molar-refractivity contribution in [3.8, 4) is 0 Å². The van der Waals surface area contributed by atoms with Gasteiger partial charge in [-0.05, 0) is 11.4 Å². The average Bonchev–Trinajstić information content (AvgIpc) is 2.75. The van der Waals surface area contributed by atoms with Gasteiger partial charge in [0, 0.05) is 6.54 Å². The molecule has 1 aliphatic heterocycles. The maximum Gasteiger partial charge on any atom is 0.113 e. The fourth-order valence-corrected chi connectivity index (χ4v) is 2.82. The lowest BCUT2D eigenvalue weighted by Gasteiger charge is -2.22. The Labute approximate surface area is 85.3 Å². The molecule has 5 heteroatoms. The van der Waals surface area contributed by atoms with Gasteiger partial charge in [-0.25, -0.2) is 0 Å². The Balaban J connectivity index is 2.24. The van der Waals surface area contributed by atoms with Gasteiger partial charge in [-0.15, -0.1) is 11.3 Å². The molecule has 1 atom stereocenters. The lowest BCUT2D eigenvalue weighted by molar-refractivity contribution is 0.0238. The molecule has 14 heavy (non-hydrogen) atoms. The highest BCUT2D eigenvalue weighted by Crippen LogP contribution is 2.32. The molecule has 0 amide bonds. The number of hydrogen-bond acceptors (Lipinski definition) is 4. The van der Waals surface area contributed by atoms with Crippen LogP contribution in [-0.4, -0.2) is 22.9 Å². The predicted octanol–water partition coefficient (Wildman–Crippen LogP) is 1.13. The van der Waals surface area contributed by atoms with Gasteiger partial charge in [0.1, 0.15) is 11.6 Å². The van der Waals surface area contributed by atoms with E-state index in [1.807, 2.05) is 10.7 Å². The molecular formula is C9H11N3OS. The summed E-state index contributed by atoms with van der Waals surface area (Å²) < 4.78 is 8.86. The van der Waals surface area contributed by atoms with Crippen LogP contribution in [0.4, 0.5) is 0 Å². The van der Waals surface area contributed by atoms with E-state index in [0.717, 1.165) is 17.8 Å². The summed E-state index contributed by atoms with van der Waals surface area (Å²) >= 11 is 1.71. The lowest BCUT2D eigenvalue weighted by atomic mass is 10.2. The third-order valence-electron chi connectivity index (χ3n) is 2.52. The number of hydrogen-bond donors (Lipinski definition) is 1. The van der Waals surface area contributed by atoms with E-state index in [2.05, 4.69) is 10.5 Å². The van der Waals surface area contributed by atoms with Crippen molar-refractivity contribution >= 4 is 21.6 Å². The number of aromatic nitrogens is 2. The summed E-state index contributed by atoms with van der Waals surface area (Å²) in [5.41, 5.74) is 7.90. The Morgan fingerprint density at radius 3 is 3.50 bits per heavy atom. The Hall–Kier alpha value is -0.910. The van der Waals surface area contributed by atoms with E-state index < -0.39 is 0 Å². The molecule has 0 saturated heterocycles. The third kappa shape index (κ3) is 1.03. The van der Waals surface area contributed by atoms with E-state index in [0.29, 0.717) is 13.2 Å². The van der Waals surface area contributed by atoms with Gasteiger partial charge in [-0.3, -0.25) is 4.68 Å². The first kappa shape index (κ1) is 8.40. The standard InChI is InChI=1S/C9H11N3OS/c10-5-7-8-9-6(1-4-14-9)11-12(8)2-3-13-7/h1,4,7H,2-3,5,10H2. The van der Waals surface area contributed by atoms with Crippen LogP contribution in [0.1, 0.15) is 11.8 Å². The number of nitrogens with two attached hydrogens (primary N) is 1. The van der Waals surface area contributed by atoms with Gasteiger partial charge in [0.15, 0.2) is 0 Å². The van der Waals surface area contributed by atoms with Crippen molar-refractivity contribution in [2.75, 3.05) is 13.2 Å². The summed E-state index contributed by atoms with van der Waals surface area (Å²) in [5.74, 6) is 0. The van der Waals surface area contributed by atoms with Crippen LogP contribution < -0.4 is 5.73 Å². The molecule has 0 aliphatic carbocycles. The van der Waals surface area contributed by atoms with E-state index in [4.69, 9.17) is 10.5 Å². The van der Waals surface area contributed by atoms with Gasteiger partial charge in [0.25, 0.3) is 0 Å². The van der Waals surface area contributed by atoms with E-state index in [1.54, 1.807) is 11.3 Å². The van der Waals surface area contributed by atoms with Crippen LogP contribution in [0.15, 0.2) is 11.4 Å². The highest BCUT2D eigenvalue weighted by atomic mass is 32.1. The van der Waals surface area contributed by atoms with Gasteiger partial charge < -0.3 is 10.5 Å². The Kier molecular flexibility index (Phi) is 1.83. The number of nitrogens with zero attached hydrogens (tertiary/aromatic N) is 2. The molecule has 74 valence electrons. The zero-order valence-electron chi connectivity index (χ0n) is 7.64. The molecule has 0 saturated carbocycles. The fraction of sp³-hybridized carbons (Fsp3) is 0.444. The fourth-order valence-electron chi connectivity index (χ4n) is 1.90. The smallest absolute Gasteiger partial charge is 0.113 e. The Morgan fingerprint density at radius 1 is 1.71 bits per heavy atom. The molecule has 1 unspecified atom stereocenters. The van der Waals surface area contributed by atoms with Crippen molar-refractivity contribution in [2.24, 2.45) is 5.73 Å². The zero-order chi connectivity index (χ0) is 9.54. The summed E-state index contributed by atoms with van der Waals surface area (Å²) in [6.07, 6.45) is 0.0207. The summed E-state index contributed by atoms with van der Waals surface area (Å²) in [6, 6.07) is 2.04. The quantitative estimate of drug-likeness (QED) is 0.766. The van der Waals surface area contributed by atoms with Gasteiger partial charge in [-0.1, -0.05) is 0 Å². The normalized spacial score (nSPS) is 21.4. The molecule has 0 bridgehead atoms. The third-order valence-corrected chi connectivity index (χ3v) is 3.45. The number of fused-ring (bicyclic) bond motifs is 3. The van der Waals surface area contributed by atoms with Crippen LogP contribution in [0.2, 0.25) is 0 Å². The Bertz CT molecular complexity index is 462. The summed E-state index contributed by atoms with van der Waals surface area (Å²) in [5, 5.41) is 6.56. The molecule has 4 nitrogen and oxygen atoms in total. The van der Waals surface area contributed by atoms with Crippen LogP contribution in [0, 0.1) is 0 Å². The maximum absolute atomic E-state index is 5.68. The maximum atomic E-state index is 5.68. The monoisotopic (exact) mass is 209 g/mol. The molecule has 0 spiro atoms. The van der Waals surface area contributed by atoms with E-state index >= 15 is 0 Å². The minimum atomic E-state index is 0.0207. The zero-order valence-corrected chi connectivity index (χ0v) is 8.46. The molecular weight excluding hydrogens is 198 g/mol. The first-order chi connectivity index (χ1) is 6.90. The van der Waals surface area contributed by atoms with Crippen LogP contribution in [-0.2, 0) is 11.3 Å². The second kappa shape index (κ2) is 3.05. The summed E-state index contributed by atoms with van der Waals surface area (Å²) in [4.78, 5) is 0. The van der Waals surface area contributed by atoms with Gasteiger partial charge >= 0.3 is 0 Å². The number of rotatable bonds is 1. The van der Waals surface area contributed by atoms with E-state index in [-0.39, 0.29) is 6.10 Å². The molecule has 0 radical (unpaired) electrons. The van der Waals surface area contributed by atoms with Crippen molar-refractivity contribution in [1.82, 2.24) is 9.78 Å². The summed E-state index contributed by atoms with van der Waals surface area (Å²) in [7, 11) is 0. The summed E-state index contributed by atoms with van der Waals surface area (Å²) in [6.45, 7) is 2.08. The van der Waals surface area contributed by atoms with E-state index in [1.165, 1.54) is 4.70 Å². The molecule has 3 rings (SSSR count). The van der Waals surface area contributed by atoms with Gasteiger partial charge in [0.2, 0.25) is 0 Å². The second-order valence-corrected chi connectivity index (χ2v) is 4.25. The van der Waals surface area contributed by atoms with Gasteiger partial charge in [-0.2, -0.15) is 5.10 Å². The van der Waals surface area contributed by atoms with Crippen molar-refractivity contribution in [1.29, 1.82) is 0 Å². The highest BCUT2D eigenvalue weighted by molar-refractivity contribution is 7.17. The van der Waals surface area contributed by atoms with Crippen LogP contribution >= 0.6 is 11.3 Å². The molecule has 2 aromatic heterocycles. The van der Waals surface area contributed by atoms with Crippen molar-refractivity contribution < 1.29 is 4.74 Å². The van der Waals surface area contributed by atoms with Crippen LogP contribution in [0.25, 0.3) is 10.2 Å². The van der Waals surface area contributed by atoms with Crippen molar-refractivity contribution in [3.63, 3.8) is 0 Å². The highest BCUT2D eigenvalue weighted by Gasteiger charge is 2.24. The molecule has 3 heterocycles. The topological polar surface area (TPSA) is 53.1 Å². The first-order valence-electron chi connectivity index (χ1n) is 4.65. The minimum absolute atomic E-state index is 0.0207. The van der Waals surface area contributed by atoms with Crippen LogP contribution in [0.5, 0.6) is 0 Å². The molecule has 2 aromatic rings. The molecule has 1 aliphatic rings. The van der Waals surface area contributed by atoms with Crippen molar-refractivity contribution in [3.05, 3.63) is 17.1 Å². The SMILES string of the molecule is NCC1OCCn2nc3ccsc3c21. The largest absolute Gasteiger partial charge is 0.369 e. The lowest BCUT2D eigenvalue weighted by Crippen LogP contribution is -2.27. The van der Waals surface area contributed by atoms with Crippen molar-refractivity contribution in [2.45, 2.75) is 12.6 Å². The average molecular weight is 209 g/mol. The van der Waals surface area contributed by atoms with E-state index in [9.17, 15) is 0 Å².